The number of hydrogen-bond acceptors (Lipinski definition) is 4. The molecule has 0 N–H and O–H groups in total. The molecule has 0 saturated carbocycles. The van der Waals surface area contributed by atoms with Crippen LogP contribution >= 0.6 is 15.9 Å². The fraction of sp³-hybridized carbons (Fsp3) is 0.429. The number of rotatable bonds is 3. The molecular formula is C14H16BrFN2O3. The molecule has 1 aliphatic heterocycles. The summed E-state index contributed by atoms with van der Waals surface area (Å²) in [7, 11) is 1.36. The van der Waals surface area contributed by atoms with Gasteiger partial charge in [0.05, 0.1) is 19.2 Å². The van der Waals surface area contributed by atoms with Crippen LogP contribution in [0.1, 0.15) is 10.4 Å². The number of ether oxygens (including phenoxy) is 1. The molecule has 1 heterocycles. The van der Waals surface area contributed by atoms with Crippen molar-refractivity contribution in [3.63, 3.8) is 0 Å². The van der Waals surface area contributed by atoms with E-state index in [9.17, 15) is 14.0 Å². The molecule has 1 amide bonds. The maximum Gasteiger partial charge on any atom is 0.319 e. The molecule has 1 aromatic carbocycles. The van der Waals surface area contributed by atoms with Crippen LogP contribution in [0, 0.1) is 5.82 Å². The second kappa shape index (κ2) is 7.00. The van der Waals surface area contributed by atoms with Gasteiger partial charge in [0.25, 0.3) is 5.91 Å². The highest BCUT2D eigenvalue weighted by molar-refractivity contribution is 9.10. The normalized spacial score (nSPS) is 15.9. The molecule has 0 unspecified atom stereocenters. The molecule has 1 aromatic rings. The third-order valence-electron chi connectivity index (χ3n) is 3.40. The molecular weight excluding hydrogens is 343 g/mol. The number of piperazine rings is 1. The zero-order valence-corrected chi connectivity index (χ0v) is 13.2. The highest BCUT2D eigenvalue weighted by Crippen LogP contribution is 2.20. The smallest absolute Gasteiger partial charge is 0.319 e. The van der Waals surface area contributed by atoms with Crippen molar-refractivity contribution in [2.24, 2.45) is 0 Å². The van der Waals surface area contributed by atoms with Gasteiger partial charge >= 0.3 is 5.97 Å². The Balaban J connectivity index is 1.95. The predicted molar refractivity (Wildman–Crippen MR) is 78.5 cm³/mol. The number of methoxy groups -OCH3 is 1. The van der Waals surface area contributed by atoms with Crippen LogP contribution in [0.3, 0.4) is 0 Å². The average molecular weight is 359 g/mol. The molecule has 7 heteroatoms. The number of halogens is 2. The van der Waals surface area contributed by atoms with E-state index in [1.54, 1.807) is 4.90 Å². The third-order valence-corrected chi connectivity index (χ3v) is 4.06. The molecule has 0 aromatic heterocycles. The summed E-state index contributed by atoms with van der Waals surface area (Å²) >= 11 is 3.21. The number of carbonyl (C=O) groups excluding carboxylic acids is 2. The summed E-state index contributed by atoms with van der Waals surface area (Å²) in [6.07, 6.45) is 0. The van der Waals surface area contributed by atoms with E-state index in [0.29, 0.717) is 36.2 Å². The van der Waals surface area contributed by atoms with Crippen LogP contribution in [0.5, 0.6) is 0 Å². The Morgan fingerprint density at radius 1 is 1.29 bits per heavy atom. The lowest BCUT2D eigenvalue weighted by atomic mass is 10.1. The van der Waals surface area contributed by atoms with Crippen molar-refractivity contribution in [2.75, 3.05) is 39.8 Å². The maximum absolute atomic E-state index is 13.1. The fourth-order valence-corrected chi connectivity index (χ4v) is 2.71. The summed E-state index contributed by atoms with van der Waals surface area (Å²) in [4.78, 5) is 27.2. The Bertz CT molecular complexity index is 545. The highest BCUT2D eigenvalue weighted by Gasteiger charge is 2.24. The molecule has 0 atom stereocenters. The minimum Gasteiger partial charge on any atom is -0.468 e. The lowest BCUT2D eigenvalue weighted by Gasteiger charge is -2.34. The molecule has 1 saturated heterocycles. The molecule has 1 fully saturated rings. The molecule has 0 aliphatic carbocycles. The van der Waals surface area contributed by atoms with E-state index < -0.39 is 0 Å². The van der Waals surface area contributed by atoms with Crippen molar-refractivity contribution >= 4 is 27.8 Å². The van der Waals surface area contributed by atoms with Gasteiger partial charge in [-0.05, 0) is 34.1 Å². The van der Waals surface area contributed by atoms with Gasteiger partial charge in [-0.25, -0.2) is 4.39 Å². The Morgan fingerprint density at radius 2 is 1.95 bits per heavy atom. The quantitative estimate of drug-likeness (QED) is 0.768. The van der Waals surface area contributed by atoms with Crippen molar-refractivity contribution in [1.82, 2.24) is 9.80 Å². The molecule has 114 valence electrons. The third kappa shape index (κ3) is 4.01. The van der Waals surface area contributed by atoms with Crippen LogP contribution in [0.15, 0.2) is 22.7 Å². The summed E-state index contributed by atoms with van der Waals surface area (Å²) < 4.78 is 18.1. The number of benzene rings is 1. The second-order valence-electron chi connectivity index (χ2n) is 4.77. The van der Waals surface area contributed by atoms with Crippen molar-refractivity contribution in [1.29, 1.82) is 0 Å². The van der Waals surface area contributed by atoms with Crippen molar-refractivity contribution in [2.45, 2.75) is 0 Å². The molecule has 2 rings (SSSR count). The molecule has 21 heavy (non-hydrogen) atoms. The summed E-state index contributed by atoms with van der Waals surface area (Å²) in [5.74, 6) is -0.808. The van der Waals surface area contributed by atoms with E-state index >= 15 is 0 Å². The molecule has 1 aliphatic rings. The number of esters is 1. The Hall–Kier alpha value is -1.47. The van der Waals surface area contributed by atoms with Crippen LogP contribution in [0.4, 0.5) is 4.39 Å². The first-order valence-electron chi connectivity index (χ1n) is 6.54. The van der Waals surface area contributed by atoms with Gasteiger partial charge in [0.2, 0.25) is 0 Å². The highest BCUT2D eigenvalue weighted by atomic mass is 79.9. The average Bonchev–Trinajstić information content (AvgIpc) is 2.47. The number of nitrogens with zero attached hydrogens (tertiary/aromatic N) is 2. The largest absolute Gasteiger partial charge is 0.468 e. The topological polar surface area (TPSA) is 49.9 Å². The van der Waals surface area contributed by atoms with Crippen molar-refractivity contribution in [3.8, 4) is 0 Å². The van der Waals surface area contributed by atoms with E-state index in [1.165, 1.54) is 25.3 Å². The van der Waals surface area contributed by atoms with E-state index in [4.69, 9.17) is 0 Å². The van der Waals surface area contributed by atoms with Gasteiger partial charge in [-0.15, -0.1) is 0 Å². The van der Waals surface area contributed by atoms with E-state index in [-0.39, 0.29) is 24.2 Å². The first kappa shape index (κ1) is 15.9. The fourth-order valence-electron chi connectivity index (χ4n) is 2.19. The van der Waals surface area contributed by atoms with E-state index in [0.717, 1.165) is 0 Å². The van der Waals surface area contributed by atoms with Crippen LogP contribution < -0.4 is 0 Å². The van der Waals surface area contributed by atoms with Gasteiger partial charge in [-0.2, -0.15) is 0 Å². The Labute approximate surface area is 130 Å². The minimum atomic E-state index is -0.388. The zero-order chi connectivity index (χ0) is 15.4. The van der Waals surface area contributed by atoms with Gasteiger partial charge in [0, 0.05) is 30.7 Å². The lowest BCUT2D eigenvalue weighted by molar-refractivity contribution is -0.142. The van der Waals surface area contributed by atoms with Gasteiger partial charge in [0.15, 0.2) is 0 Å². The predicted octanol–water partition coefficient (Wildman–Crippen LogP) is 1.52. The monoisotopic (exact) mass is 358 g/mol. The molecule has 5 nitrogen and oxygen atoms in total. The van der Waals surface area contributed by atoms with Crippen LogP contribution in [0.25, 0.3) is 0 Å². The Kier molecular flexibility index (Phi) is 5.30. The second-order valence-corrected chi connectivity index (χ2v) is 5.62. The number of amides is 1. The van der Waals surface area contributed by atoms with E-state index in [2.05, 4.69) is 20.7 Å². The summed E-state index contributed by atoms with van der Waals surface area (Å²) in [5, 5.41) is 0. The van der Waals surface area contributed by atoms with Gasteiger partial charge in [0.1, 0.15) is 5.82 Å². The maximum atomic E-state index is 13.1. The summed E-state index contributed by atoms with van der Waals surface area (Å²) in [6, 6.07) is 4.02. The number of carbonyl (C=O) groups is 2. The molecule has 0 spiro atoms. The van der Waals surface area contributed by atoms with E-state index in [1.807, 2.05) is 4.90 Å². The number of hydrogen-bond donors (Lipinski definition) is 0. The van der Waals surface area contributed by atoms with Gasteiger partial charge in [-0.1, -0.05) is 0 Å². The van der Waals surface area contributed by atoms with Crippen LogP contribution in [0.2, 0.25) is 0 Å². The lowest BCUT2D eigenvalue weighted by Crippen LogP contribution is -2.50. The summed E-state index contributed by atoms with van der Waals surface area (Å²) in [5.41, 5.74) is 0.442. The van der Waals surface area contributed by atoms with Crippen molar-refractivity contribution in [3.05, 3.63) is 34.1 Å². The first-order valence-corrected chi connectivity index (χ1v) is 7.34. The molecule has 0 bridgehead atoms. The van der Waals surface area contributed by atoms with Gasteiger partial charge < -0.3 is 9.64 Å². The van der Waals surface area contributed by atoms with Crippen LogP contribution in [-0.4, -0.2) is 61.5 Å². The van der Waals surface area contributed by atoms with Crippen molar-refractivity contribution < 1.29 is 18.7 Å². The zero-order valence-electron chi connectivity index (χ0n) is 11.6. The van der Waals surface area contributed by atoms with Crippen LogP contribution in [-0.2, 0) is 9.53 Å². The molecule has 0 radical (unpaired) electrons. The summed E-state index contributed by atoms with van der Waals surface area (Å²) in [6.45, 7) is 2.51. The minimum absolute atomic E-state index is 0.139. The first-order chi connectivity index (χ1) is 10.0. The van der Waals surface area contributed by atoms with Gasteiger partial charge in [-0.3, -0.25) is 14.5 Å². The SMILES string of the molecule is COC(=O)CN1CCN(C(=O)c2ccc(F)cc2Br)CC1. The standard InChI is InChI=1S/C14H16BrFN2O3/c1-21-13(19)9-17-4-6-18(7-5-17)14(20)11-3-2-10(16)8-12(11)15/h2-3,8H,4-7,9H2,1H3. The Morgan fingerprint density at radius 3 is 2.52 bits per heavy atom.